The molecule has 21 heavy (non-hydrogen) atoms. The smallest absolute Gasteiger partial charge is 0.147 e. The molecule has 0 radical (unpaired) electrons. The van der Waals surface area contributed by atoms with E-state index in [9.17, 15) is 0 Å². The maximum atomic E-state index is 5.91. The maximum absolute atomic E-state index is 5.91. The molecule has 0 saturated heterocycles. The van der Waals surface area contributed by atoms with E-state index in [0.29, 0.717) is 12.0 Å². The first kappa shape index (κ1) is 15.0. The van der Waals surface area contributed by atoms with Gasteiger partial charge in [0.2, 0.25) is 0 Å². The van der Waals surface area contributed by atoms with Crippen LogP contribution in [-0.2, 0) is 13.1 Å². The Labute approximate surface area is 127 Å². The molecule has 2 aliphatic rings. The number of aromatic nitrogens is 3. The maximum Gasteiger partial charge on any atom is 0.147 e. The summed E-state index contributed by atoms with van der Waals surface area (Å²) < 4.78 is 2.31. The van der Waals surface area contributed by atoms with Crippen LogP contribution in [-0.4, -0.2) is 39.3 Å². The van der Waals surface area contributed by atoms with Gasteiger partial charge in [0, 0.05) is 25.0 Å². The van der Waals surface area contributed by atoms with Crippen molar-refractivity contribution >= 4 is 0 Å². The molecular formula is C16H29N5. The van der Waals surface area contributed by atoms with Crippen molar-refractivity contribution in [1.29, 1.82) is 0 Å². The largest absolute Gasteiger partial charge is 0.328 e. The first-order valence-corrected chi connectivity index (χ1v) is 8.53. The molecule has 5 heteroatoms. The zero-order valence-electron chi connectivity index (χ0n) is 13.5. The van der Waals surface area contributed by atoms with Crippen LogP contribution in [0.2, 0.25) is 0 Å². The van der Waals surface area contributed by atoms with Crippen molar-refractivity contribution in [3.63, 3.8) is 0 Å². The van der Waals surface area contributed by atoms with Gasteiger partial charge in [0.15, 0.2) is 0 Å². The first-order chi connectivity index (χ1) is 10.2. The summed E-state index contributed by atoms with van der Waals surface area (Å²) in [6, 6.07) is 0.366. The van der Waals surface area contributed by atoms with E-state index in [1.165, 1.54) is 32.2 Å². The van der Waals surface area contributed by atoms with Gasteiger partial charge in [-0.3, -0.25) is 4.90 Å². The van der Waals surface area contributed by atoms with Gasteiger partial charge in [-0.1, -0.05) is 12.8 Å². The predicted octanol–water partition coefficient (Wildman–Crippen LogP) is 2.12. The van der Waals surface area contributed by atoms with Gasteiger partial charge in [0.05, 0.1) is 6.54 Å². The molecule has 0 amide bonds. The van der Waals surface area contributed by atoms with E-state index in [1.54, 1.807) is 0 Å². The van der Waals surface area contributed by atoms with Crippen LogP contribution >= 0.6 is 0 Å². The topological polar surface area (TPSA) is 60.0 Å². The van der Waals surface area contributed by atoms with E-state index < -0.39 is 0 Å². The summed E-state index contributed by atoms with van der Waals surface area (Å²) in [6.45, 7) is 5.25. The Morgan fingerprint density at radius 1 is 1.24 bits per heavy atom. The minimum Gasteiger partial charge on any atom is -0.328 e. The molecule has 0 atom stereocenters. The summed E-state index contributed by atoms with van der Waals surface area (Å²) in [6.07, 6.45) is 7.75. The minimum absolute atomic E-state index is 0.366. The van der Waals surface area contributed by atoms with Crippen LogP contribution in [0, 0.1) is 5.92 Å². The van der Waals surface area contributed by atoms with Gasteiger partial charge < -0.3 is 10.3 Å². The molecule has 0 aromatic carbocycles. The van der Waals surface area contributed by atoms with Gasteiger partial charge in [-0.05, 0) is 45.6 Å². The second-order valence-electron chi connectivity index (χ2n) is 6.99. The summed E-state index contributed by atoms with van der Waals surface area (Å²) >= 11 is 0. The number of hydrogen-bond acceptors (Lipinski definition) is 4. The fourth-order valence-electron chi connectivity index (χ4n) is 3.93. The van der Waals surface area contributed by atoms with Gasteiger partial charge in [-0.25, -0.2) is 0 Å². The van der Waals surface area contributed by atoms with Crippen molar-refractivity contribution < 1.29 is 0 Å². The quantitative estimate of drug-likeness (QED) is 0.872. The normalized spacial score (nSPS) is 26.5. The molecule has 1 aromatic rings. The van der Waals surface area contributed by atoms with E-state index >= 15 is 0 Å². The van der Waals surface area contributed by atoms with Gasteiger partial charge >= 0.3 is 0 Å². The summed E-state index contributed by atoms with van der Waals surface area (Å²) in [5.41, 5.74) is 5.91. The Kier molecular flexibility index (Phi) is 4.60. The number of hydrogen-bond donors (Lipinski definition) is 1. The molecule has 2 N–H and O–H groups in total. The van der Waals surface area contributed by atoms with E-state index in [1.807, 2.05) is 0 Å². The van der Waals surface area contributed by atoms with Crippen LogP contribution in [0.1, 0.15) is 63.0 Å². The van der Waals surface area contributed by atoms with E-state index in [-0.39, 0.29) is 0 Å². The van der Waals surface area contributed by atoms with Crippen molar-refractivity contribution in [2.75, 3.05) is 13.6 Å². The molecule has 3 rings (SSSR count). The third-order valence-corrected chi connectivity index (χ3v) is 5.17. The highest BCUT2D eigenvalue weighted by Crippen LogP contribution is 2.35. The highest BCUT2D eigenvalue weighted by molar-refractivity contribution is 5.08. The molecule has 2 saturated carbocycles. The average Bonchev–Trinajstić information content (AvgIpc) is 3.04. The molecule has 1 aromatic heterocycles. The second-order valence-corrected chi connectivity index (χ2v) is 6.99. The summed E-state index contributed by atoms with van der Waals surface area (Å²) in [4.78, 5) is 2.42. The first-order valence-electron chi connectivity index (χ1n) is 8.53. The van der Waals surface area contributed by atoms with Crippen LogP contribution in [0.3, 0.4) is 0 Å². The monoisotopic (exact) mass is 291 g/mol. The predicted molar refractivity (Wildman–Crippen MR) is 83.9 cm³/mol. The Balaban J connectivity index is 1.61. The van der Waals surface area contributed by atoms with Crippen LogP contribution < -0.4 is 5.73 Å². The van der Waals surface area contributed by atoms with Crippen LogP contribution in [0.5, 0.6) is 0 Å². The Morgan fingerprint density at radius 3 is 2.57 bits per heavy atom. The molecule has 0 spiro atoms. The standard InChI is InChI=1S/C16H29N5/c1-3-21-15(11-20(2)10-12-6-4-5-7-12)18-19-16(21)13-8-14(17)9-13/h12-14H,3-11,17H2,1-2H3. The van der Waals surface area contributed by atoms with Crippen molar-refractivity contribution in [2.45, 2.75) is 70.5 Å². The molecule has 0 unspecified atom stereocenters. The van der Waals surface area contributed by atoms with Gasteiger partial charge in [0.25, 0.3) is 0 Å². The zero-order chi connectivity index (χ0) is 14.8. The zero-order valence-corrected chi connectivity index (χ0v) is 13.5. The Morgan fingerprint density at radius 2 is 1.95 bits per heavy atom. The number of rotatable bonds is 6. The molecule has 0 aliphatic heterocycles. The fraction of sp³-hybridized carbons (Fsp3) is 0.875. The lowest BCUT2D eigenvalue weighted by molar-refractivity contribution is 0.260. The van der Waals surface area contributed by atoms with Crippen molar-refractivity contribution in [3.05, 3.63) is 11.6 Å². The fourth-order valence-corrected chi connectivity index (χ4v) is 3.93. The van der Waals surface area contributed by atoms with Crippen LogP contribution in [0.4, 0.5) is 0 Å². The lowest BCUT2D eigenvalue weighted by Gasteiger charge is -2.31. The molecule has 2 fully saturated rings. The SMILES string of the molecule is CCn1c(CN(C)CC2CCCC2)nnc1C1CC(N)C1. The molecule has 1 heterocycles. The lowest BCUT2D eigenvalue weighted by Crippen LogP contribution is -2.36. The molecule has 0 bridgehead atoms. The molecule has 5 nitrogen and oxygen atoms in total. The second kappa shape index (κ2) is 6.44. The number of nitrogens with two attached hydrogens (primary N) is 1. The van der Waals surface area contributed by atoms with Crippen LogP contribution in [0.15, 0.2) is 0 Å². The van der Waals surface area contributed by atoms with E-state index in [0.717, 1.165) is 43.5 Å². The lowest BCUT2D eigenvalue weighted by atomic mass is 9.80. The molecule has 118 valence electrons. The van der Waals surface area contributed by atoms with E-state index in [4.69, 9.17) is 5.73 Å². The summed E-state index contributed by atoms with van der Waals surface area (Å²) in [5, 5.41) is 8.92. The Hall–Kier alpha value is -0.940. The van der Waals surface area contributed by atoms with Crippen molar-refractivity contribution in [1.82, 2.24) is 19.7 Å². The highest BCUT2D eigenvalue weighted by atomic mass is 15.3. The summed E-state index contributed by atoms with van der Waals surface area (Å²) in [5.74, 6) is 3.69. The third-order valence-electron chi connectivity index (χ3n) is 5.17. The average molecular weight is 291 g/mol. The van der Waals surface area contributed by atoms with Crippen LogP contribution in [0.25, 0.3) is 0 Å². The summed E-state index contributed by atoms with van der Waals surface area (Å²) in [7, 11) is 2.21. The van der Waals surface area contributed by atoms with Crippen molar-refractivity contribution in [3.8, 4) is 0 Å². The third kappa shape index (κ3) is 3.29. The van der Waals surface area contributed by atoms with Crippen molar-refractivity contribution in [2.24, 2.45) is 11.7 Å². The molecular weight excluding hydrogens is 262 g/mol. The Bertz CT molecular complexity index is 457. The van der Waals surface area contributed by atoms with Gasteiger partial charge in [0.1, 0.15) is 11.6 Å². The van der Waals surface area contributed by atoms with Gasteiger partial charge in [-0.2, -0.15) is 0 Å². The molecule has 2 aliphatic carbocycles. The van der Waals surface area contributed by atoms with E-state index in [2.05, 4.69) is 33.6 Å². The highest BCUT2D eigenvalue weighted by Gasteiger charge is 2.32. The minimum atomic E-state index is 0.366. The van der Waals surface area contributed by atoms with Gasteiger partial charge in [-0.15, -0.1) is 10.2 Å². The number of nitrogens with zero attached hydrogens (tertiary/aromatic N) is 4.